The monoisotopic (exact) mass is 390 g/mol. The highest BCUT2D eigenvalue weighted by Gasteiger charge is 2.26. The summed E-state index contributed by atoms with van der Waals surface area (Å²) in [5, 5.41) is 0. The van der Waals surface area contributed by atoms with E-state index in [2.05, 4.69) is 0 Å². The molecule has 3 aromatic rings. The summed E-state index contributed by atoms with van der Waals surface area (Å²) in [6.07, 6.45) is 2.74. The molecule has 2 heterocycles. The molecule has 6 nitrogen and oxygen atoms in total. The Hall–Kier alpha value is -2.45. The van der Waals surface area contributed by atoms with Crippen molar-refractivity contribution in [2.45, 2.75) is 30.7 Å². The van der Waals surface area contributed by atoms with Crippen LogP contribution in [-0.4, -0.2) is 30.4 Å². The van der Waals surface area contributed by atoms with Crippen molar-refractivity contribution in [2.75, 3.05) is 13.1 Å². The van der Waals surface area contributed by atoms with Crippen LogP contribution in [0.25, 0.3) is 11.1 Å². The molecule has 0 N–H and O–H groups in total. The van der Waals surface area contributed by atoms with Gasteiger partial charge in [0.1, 0.15) is 5.82 Å². The molecular formula is C19H19FN2O4S. The van der Waals surface area contributed by atoms with Gasteiger partial charge in [-0.2, -0.15) is 4.31 Å². The molecule has 0 aliphatic carbocycles. The van der Waals surface area contributed by atoms with Gasteiger partial charge in [0, 0.05) is 19.2 Å². The summed E-state index contributed by atoms with van der Waals surface area (Å²) in [4.78, 5) is 12.4. The molecule has 0 unspecified atom stereocenters. The second-order valence-electron chi connectivity index (χ2n) is 6.67. The molecule has 1 aliphatic heterocycles. The molecule has 1 aromatic heterocycles. The lowest BCUT2D eigenvalue weighted by atomic mass is 10.2. The van der Waals surface area contributed by atoms with Gasteiger partial charge >= 0.3 is 5.76 Å². The molecule has 1 aliphatic rings. The number of fused-ring (bicyclic) bond motifs is 1. The van der Waals surface area contributed by atoms with Crippen LogP contribution >= 0.6 is 0 Å². The number of oxazole rings is 1. The van der Waals surface area contributed by atoms with Crippen molar-refractivity contribution in [3.63, 3.8) is 0 Å². The first kappa shape index (κ1) is 17.9. The van der Waals surface area contributed by atoms with Crippen LogP contribution in [0.1, 0.15) is 24.8 Å². The molecule has 2 aromatic carbocycles. The molecule has 27 heavy (non-hydrogen) atoms. The van der Waals surface area contributed by atoms with E-state index >= 15 is 0 Å². The number of hydrogen-bond donors (Lipinski definition) is 0. The van der Waals surface area contributed by atoms with Gasteiger partial charge in [-0.25, -0.2) is 17.6 Å². The highest BCUT2D eigenvalue weighted by Crippen LogP contribution is 2.24. The molecule has 0 saturated carbocycles. The van der Waals surface area contributed by atoms with E-state index in [0.29, 0.717) is 18.6 Å². The number of sulfonamides is 1. The molecule has 0 amide bonds. The summed E-state index contributed by atoms with van der Waals surface area (Å²) < 4.78 is 46.8. The Balaban J connectivity index is 1.70. The third-order valence-corrected chi connectivity index (χ3v) is 6.74. The maximum atomic E-state index is 13.1. The van der Waals surface area contributed by atoms with E-state index in [1.807, 2.05) is 0 Å². The number of piperidine rings is 1. The molecule has 0 atom stereocenters. The van der Waals surface area contributed by atoms with Gasteiger partial charge < -0.3 is 4.42 Å². The fourth-order valence-electron chi connectivity index (χ4n) is 3.38. The number of aromatic nitrogens is 1. The highest BCUT2D eigenvalue weighted by atomic mass is 32.2. The average molecular weight is 390 g/mol. The van der Waals surface area contributed by atoms with Gasteiger partial charge in [-0.3, -0.25) is 4.57 Å². The summed E-state index contributed by atoms with van der Waals surface area (Å²) in [5.41, 5.74) is 1.47. The zero-order valence-corrected chi connectivity index (χ0v) is 15.4. The SMILES string of the molecule is O=c1oc2cc(S(=O)(=O)N3CCCCC3)ccc2n1Cc1ccc(F)cc1. The summed E-state index contributed by atoms with van der Waals surface area (Å²) in [5.74, 6) is -0.933. The summed E-state index contributed by atoms with van der Waals surface area (Å²) in [6, 6.07) is 10.3. The Morgan fingerprint density at radius 2 is 1.70 bits per heavy atom. The summed E-state index contributed by atoms with van der Waals surface area (Å²) in [7, 11) is -3.60. The lowest BCUT2D eigenvalue weighted by Gasteiger charge is -2.25. The van der Waals surface area contributed by atoms with Gasteiger partial charge in [-0.15, -0.1) is 0 Å². The average Bonchev–Trinajstić information content (AvgIpc) is 2.99. The van der Waals surface area contributed by atoms with Gasteiger partial charge in [0.05, 0.1) is 17.0 Å². The molecule has 1 saturated heterocycles. The molecule has 0 bridgehead atoms. The fraction of sp³-hybridized carbons (Fsp3) is 0.316. The van der Waals surface area contributed by atoms with Crippen molar-refractivity contribution >= 4 is 21.1 Å². The van der Waals surface area contributed by atoms with Crippen LogP contribution in [0.15, 0.2) is 56.6 Å². The maximum absolute atomic E-state index is 13.1. The van der Waals surface area contributed by atoms with Crippen LogP contribution in [0.5, 0.6) is 0 Å². The number of hydrogen-bond acceptors (Lipinski definition) is 4. The van der Waals surface area contributed by atoms with Crippen molar-refractivity contribution in [1.82, 2.24) is 8.87 Å². The van der Waals surface area contributed by atoms with Gasteiger partial charge in [0.2, 0.25) is 10.0 Å². The van der Waals surface area contributed by atoms with Crippen LogP contribution in [0.4, 0.5) is 4.39 Å². The third kappa shape index (κ3) is 3.42. The quantitative estimate of drug-likeness (QED) is 0.687. The minimum absolute atomic E-state index is 0.125. The third-order valence-electron chi connectivity index (χ3n) is 4.85. The molecule has 8 heteroatoms. The lowest BCUT2D eigenvalue weighted by molar-refractivity contribution is 0.346. The predicted molar refractivity (Wildman–Crippen MR) is 98.6 cm³/mol. The summed E-state index contributed by atoms with van der Waals surface area (Å²) in [6.45, 7) is 1.23. The minimum atomic E-state index is -3.60. The van der Waals surface area contributed by atoms with Crippen molar-refractivity contribution in [3.05, 3.63) is 64.4 Å². The Kier molecular flexibility index (Phi) is 4.61. The largest absolute Gasteiger partial charge is 0.420 e. The van der Waals surface area contributed by atoms with Crippen molar-refractivity contribution in [3.8, 4) is 0 Å². The Morgan fingerprint density at radius 3 is 2.41 bits per heavy atom. The second kappa shape index (κ2) is 6.94. The van der Waals surface area contributed by atoms with Crippen LogP contribution in [0.3, 0.4) is 0 Å². The van der Waals surface area contributed by atoms with E-state index in [1.54, 1.807) is 18.2 Å². The first-order valence-electron chi connectivity index (χ1n) is 8.83. The van der Waals surface area contributed by atoms with E-state index < -0.39 is 15.8 Å². The fourth-order valence-corrected chi connectivity index (χ4v) is 4.92. The van der Waals surface area contributed by atoms with Gasteiger partial charge in [-0.05, 0) is 42.7 Å². The summed E-state index contributed by atoms with van der Waals surface area (Å²) >= 11 is 0. The Morgan fingerprint density at radius 1 is 1.00 bits per heavy atom. The number of rotatable bonds is 4. The molecule has 1 fully saturated rings. The number of benzene rings is 2. The predicted octanol–water partition coefficient (Wildman–Crippen LogP) is 2.96. The number of halogens is 1. The molecular weight excluding hydrogens is 371 g/mol. The van der Waals surface area contributed by atoms with Crippen molar-refractivity contribution in [1.29, 1.82) is 0 Å². The zero-order chi connectivity index (χ0) is 19.0. The van der Waals surface area contributed by atoms with Gasteiger partial charge in [0.15, 0.2) is 5.58 Å². The van der Waals surface area contributed by atoms with Crippen LogP contribution in [-0.2, 0) is 16.6 Å². The Bertz CT molecular complexity index is 1130. The number of nitrogens with zero attached hydrogens (tertiary/aromatic N) is 2. The van der Waals surface area contributed by atoms with Gasteiger partial charge in [-0.1, -0.05) is 18.6 Å². The molecule has 4 rings (SSSR count). The van der Waals surface area contributed by atoms with E-state index in [1.165, 1.54) is 33.1 Å². The second-order valence-corrected chi connectivity index (χ2v) is 8.61. The molecule has 142 valence electrons. The van der Waals surface area contributed by atoms with E-state index in [4.69, 9.17) is 4.42 Å². The zero-order valence-electron chi connectivity index (χ0n) is 14.6. The minimum Gasteiger partial charge on any atom is -0.408 e. The molecule has 0 radical (unpaired) electrons. The standard InChI is InChI=1S/C19H19FN2O4S/c20-15-6-4-14(5-7-15)13-22-17-9-8-16(12-18(17)26-19(22)23)27(24,25)21-10-2-1-3-11-21/h4-9,12H,1-3,10-11,13H2. The van der Waals surface area contributed by atoms with Crippen LogP contribution in [0, 0.1) is 5.82 Å². The normalized spacial score (nSPS) is 16.0. The van der Waals surface area contributed by atoms with E-state index in [-0.39, 0.29) is 22.8 Å². The van der Waals surface area contributed by atoms with Crippen molar-refractivity contribution < 1.29 is 17.2 Å². The maximum Gasteiger partial charge on any atom is 0.420 e. The van der Waals surface area contributed by atoms with Crippen LogP contribution in [0.2, 0.25) is 0 Å². The van der Waals surface area contributed by atoms with E-state index in [0.717, 1.165) is 24.8 Å². The highest BCUT2D eigenvalue weighted by molar-refractivity contribution is 7.89. The van der Waals surface area contributed by atoms with E-state index in [9.17, 15) is 17.6 Å². The Labute approximate surface area is 155 Å². The first-order valence-corrected chi connectivity index (χ1v) is 10.3. The lowest BCUT2D eigenvalue weighted by Crippen LogP contribution is -2.35. The van der Waals surface area contributed by atoms with Gasteiger partial charge in [0.25, 0.3) is 0 Å². The topological polar surface area (TPSA) is 72.5 Å². The van der Waals surface area contributed by atoms with Crippen LogP contribution < -0.4 is 5.76 Å². The molecule has 0 spiro atoms. The first-order chi connectivity index (χ1) is 12.9. The van der Waals surface area contributed by atoms with Crippen molar-refractivity contribution in [2.24, 2.45) is 0 Å². The smallest absolute Gasteiger partial charge is 0.408 e.